The summed E-state index contributed by atoms with van der Waals surface area (Å²) in [5, 5.41) is 8.03. The Morgan fingerprint density at radius 1 is 1.89 bits per heavy atom. The first-order chi connectivity index (χ1) is 4.22. The van der Waals surface area contributed by atoms with E-state index < -0.39 is 11.9 Å². The second kappa shape index (κ2) is 4.60. The fourth-order valence-corrected chi connectivity index (χ4v) is 0.631. The van der Waals surface area contributed by atoms with Crippen LogP contribution in [0, 0.1) is 0 Å². The second-order valence-corrected chi connectivity index (χ2v) is 2.04. The molecule has 0 heterocycles. The third kappa shape index (κ3) is 3.34. The lowest BCUT2D eigenvalue weighted by atomic mass is 10.2. The van der Waals surface area contributed by atoms with Crippen LogP contribution in [0.1, 0.15) is 6.42 Å². The summed E-state index contributed by atoms with van der Waals surface area (Å²) in [7, 11) is 0. The molecule has 1 atom stereocenters. The zero-order chi connectivity index (χ0) is 7.28. The molecule has 0 bridgehead atoms. The van der Waals surface area contributed by atoms with Gasteiger partial charge in [0.05, 0.1) is 6.04 Å². The van der Waals surface area contributed by atoms with Crippen LogP contribution in [0.25, 0.3) is 0 Å². The first kappa shape index (κ1) is 8.74. The summed E-state index contributed by atoms with van der Waals surface area (Å²) < 4.78 is 0. The number of carbonyl (C=O) groups is 1. The maximum Gasteiger partial charge on any atom is 0.260 e. The molecule has 0 aromatic rings. The molecule has 0 aromatic carbocycles. The Morgan fingerprint density at radius 3 is 2.78 bits per heavy atom. The van der Waals surface area contributed by atoms with Gasteiger partial charge in [0.2, 0.25) is 0 Å². The van der Waals surface area contributed by atoms with Crippen LogP contribution in [0.15, 0.2) is 0 Å². The molecule has 4 N–H and O–H groups in total. The van der Waals surface area contributed by atoms with Crippen molar-refractivity contribution in [2.45, 2.75) is 12.5 Å². The maximum absolute atomic E-state index is 10.4. The van der Waals surface area contributed by atoms with Gasteiger partial charge in [-0.2, -0.15) is 12.6 Å². The zero-order valence-corrected chi connectivity index (χ0v) is 5.77. The van der Waals surface area contributed by atoms with Crippen LogP contribution in [0.5, 0.6) is 0 Å². The third-order valence-electron chi connectivity index (χ3n) is 0.887. The fourth-order valence-electron chi connectivity index (χ4n) is 0.353. The van der Waals surface area contributed by atoms with E-state index in [1.807, 2.05) is 0 Å². The van der Waals surface area contributed by atoms with E-state index in [1.54, 1.807) is 0 Å². The van der Waals surface area contributed by atoms with Crippen molar-refractivity contribution >= 4 is 18.5 Å². The zero-order valence-electron chi connectivity index (χ0n) is 4.87. The van der Waals surface area contributed by atoms with Crippen molar-refractivity contribution in [3.05, 3.63) is 0 Å². The van der Waals surface area contributed by atoms with Gasteiger partial charge in [-0.05, 0) is 12.2 Å². The minimum Gasteiger partial charge on any atom is -0.320 e. The van der Waals surface area contributed by atoms with Gasteiger partial charge in [0.15, 0.2) is 0 Å². The summed E-state index contributed by atoms with van der Waals surface area (Å²) in [6, 6.07) is -0.646. The highest BCUT2D eigenvalue weighted by atomic mass is 32.1. The number of thiol groups is 1. The van der Waals surface area contributed by atoms with E-state index >= 15 is 0 Å². The van der Waals surface area contributed by atoms with Crippen LogP contribution < -0.4 is 11.2 Å². The summed E-state index contributed by atoms with van der Waals surface area (Å²) in [6.07, 6.45) is 0.468. The molecule has 0 aliphatic rings. The van der Waals surface area contributed by atoms with Gasteiger partial charge < -0.3 is 5.73 Å². The van der Waals surface area contributed by atoms with Gasteiger partial charge in [-0.3, -0.25) is 10.0 Å². The van der Waals surface area contributed by atoms with Crippen LogP contribution >= 0.6 is 12.6 Å². The lowest BCUT2D eigenvalue weighted by Crippen LogP contribution is -2.39. The lowest BCUT2D eigenvalue weighted by Gasteiger charge is -2.05. The molecule has 0 unspecified atom stereocenters. The van der Waals surface area contributed by atoms with Crippen molar-refractivity contribution < 1.29 is 10.0 Å². The summed E-state index contributed by atoms with van der Waals surface area (Å²) in [5.74, 6) is -0.0294. The molecule has 0 radical (unpaired) electrons. The SMILES string of the molecule is N[C@@H](CCS)C(=O)NO. The summed E-state index contributed by atoms with van der Waals surface area (Å²) >= 11 is 3.85. The van der Waals surface area contributed by atoms with Crippen LogP contribution in [0.2, 0.25) is 0 Å². The van der Waals surface area contributed by atoms with Crippen molar-refractivity contribution in [3.8, 4) is 0 Å². The average Bonchev–Trinajstić information content (AvgIpc) is 1.87. The van der Waals surface area contributed by atoms with Gasteiger partial charge in [0, 0.05) is 0 Å². The molecule has 0 saturated carbocycles. The Balaban J connectivity index is 3.45. The van der Waals surface area contributed by atoms with E-state index in [0.29, 0.717) is 12.2 Å². The number of hydroxylamine groups is 1. The Morgan fingerprint density at radius 2 is 2.44 bits per heavy atom. The van der Waals surface area contributed by atoms with Gasteiger partial charge in [-0.25, -0.2) is 5.48 Å². The average molecular weight is 150 g/mol. The molecule has 5 heteroatoms. The molecule has 0 aromatic heterocycles. The van der Waals surface area contributed by atoms with Gasteiger partial charge in [-0.1, -0.05) is 0 Å². The second-order valence-electron chi connectivity index (χ2n) is 1.59. The molecule has 0 saturated heterocycles. The third-order valence-corrected chi connectivity index (χ3v) is 1.15. The number of hydrogen-bond donors (Lipinski definition) is 4. The monoisotopic (exact) mass is 150 g/mol. The Kier molecular flexibility index (Phi) is 4.47. The van der Waals surface area contributed by atoms with E-state index in [-0.39, 0.29) is 0 Å². The number of rotatable bonds is 3. The first-order valence-corrected chi connectivity index (χ1v) is 3.16. The molecule has 0 fully saturated rings. The molecule has 0 spiro atoms. The topological polar surface area (TPSA) is 75.4 Å². The van der Waals surface area contributed by atoms with Crippen molar-refractivity contribution in [2.24, 2.45) is 5.73 Å². The van der Waals surface area contributed by atoms with Crippen molar-refractivity contribution in [3.63, 3.8) is 0 Å². The van der Waals surface area contributed by atoms with E-state index in [0.717, 1.165) is 0 Å². The standard InChI is InChI=1S/C4H10N2O2S/c5-3(1-2-9)4(7)6-8/h3,8-9H,1-2,5H2,(H,6,7)/t3-/m0/s1. The number of carbonyl (C=O) groups excluding carboxylic acids is 1. The van der Waals surface area contributed by atoms with Crippen LogP contribution in [0.4, 0.5) is 0 Å². The molecule has 0 rings (SSSR count). The molecule has 0 aliphatic heterocycles. The molecule has 4 nitrogen and oxygen atoms in total. The Labute approximate surface area is 58.8 Å². The van der Waals surface area contributed by atoms with Gasteiger partial charge in [0.25, 0.3) is 5.91 Å². The van der Waals surface area contributed by atoms with E-state index in [1.165, 1.54) is 5.48 Å². The molecule has 54 valence electrons. The molecule has 0 aliphatic carbocycles. The van der Waals surface area contributed by atoms with Gasteiger partial charge in [0.1, 0.15) is 0 Å². The summed E-state index contributed by atoms with van der Waals surface area (Å²) in [4.78, 5) is 10.4. The van der Waals surface area contributed by atoms with E-state index in [2.05, 4.69) is 12.6 Å². The Bertz CT molecular complexity index is 98.6. The van der Waals surface area contributed by atoms with Crippen molar-refractivity contribution in [1.29, 1.82) is 0 Å². The number of nitrogens with one attached hydrogen (secondary N) is 1. The first-order valence-electron chi connectivity index (χ1n) is 2.52. The quantitative estimate of drug-likeness (QED) is 0.240. The number of hydrogen-bond acceptors (Lipinski definition) is 4. The maximum atomic E-state index is 10.4. The highest BCUT2D eigenvalue weighted by Gasteiger charge is 2.09. The highest BCUT2D eigenvalue weighted by Crippen LogP contribution is 1.89. The normalized spacial score (nSPS) is 12.8. The van der Waals surface area contributed by atoms with E-state index in [9.17, 15) is 4.79 Å². The van der Waals surface area contributed by atoms with Crippen molar-refractivity contribution in [1.82, 2.24) is 5.48 Å². The smallest absolute Gasteiger partial charge is 0.260 e. The van der Waals surface area contributed by atoms with Gasteiger partial charge >= 0.3 is 0 Å². The van der Waals surface area contributed by atoms with Crippen LogP contribution in [-0.4, -0.2) is 22.9 Å². The minimum atomic E-state index is -0.646. The minimum absolute atomic E-state index is 0.468. The number of nitrogens with two attached hydrogens (primary N) is 1. The molecular weight excluding hydrogens is 140 g/mol. The molecule has 9 heavy (non-hydrogen) atoms. The molecule has 1 amide bonds. The highest BCUT2D eigenvalue weighted by molar-refractivity contribution is 7.80. The fraction of sp³-hybridized carbons (Fsp3) is 0.750. The number of amides is 1. The van der Waals surface area contributed by atoms with Gasteiger partial charge in [-0.15, -0.1) is 0 Å². The summed E-state index contributed by atoms with van der Waals surface area (Å²) in [5.41, 5.74) is 6.67. The molecular formula is C4H10N2O2S. The largest absolute Gasteiger partial charge is 0.320 e. The predicted molar refractivity (Wildman–Crippen MR) is 36.4 cm³/mol. The van der Waals surface area contributed by atoms with Crippen molar-refractivity contribution in [2.75, 3.05) is 5.75 Å². The van der Waals surface area contributed by atoms with Crippen LogP contribution in [0.3, 0.4) is 0 Å². The predicted octanol–water partition coefficient (Wildman–Crippen LogP) is -0.861. The Hall–Kier alpha value is -0.260. The van der Waals surface area contributed by atoms with Crippen LogP contribution in [-0.2, 0) is 4.79 Å². The lowest BCUT2D eigenvalue weighted by molar-refractivity contribution is -0.130. The summed E-state index contributed by atoms with van der Waals surface area (Å²) in [6.45, 7) is 0. The van der Waals surface area contributed by atoms with E-state index in [4.69, 9.17) is 10.9 Å².